The maximum absolute atomic E-state index is 11.1. The summed E-state index contributed by atoms with van der Waals surface area (Å²) in [5, 5.41) is 9.17. The molecule has 0 aromatic rings. The number of carboxylic acid groups (broad SMARTS) is 1. The highest BCUT2D eigenvalue weighted by Gasteiger charge is 2.33. The second-order valence-electron chi connectivity index (χ2n) is 6.49. The van der Waals surface area contributed by atoms with E-state index in [0.717, 1.165) is 39.0 Å². The fraction of sp³-hybridized carbons (Fsp3) is 0.882. The van der Waals surface area contributed by atoms with Crippen LogP contribution in [-0.4, -0.2) is 71.7 Å². The first-order valence-corrected chi connectivity index (χ1v) is 8.78. The van der Waals surface area contributed by atoms with E-state index < -0.39 is 5.97 Å². The van der Waals surface area contributed by atoms with Crippen molar-refractivity contribution in [1.29, 1.82) is 0 Å². The molecule has 1 rings (SSSR count). The minimum atomic E-state index is -0.639. The molecule has 0 spiro atoms. The normalized spacial score (nSPS) is 15.7. The molecule has 0 radical (unpaired) electrons. The number of aliphatic carboxylic acids is 1. The van der Waals surface area contributed by atoms with Crippen LogP contribution in [0.4, 0.5) is 0 Å². The van der Waals surface area contributed by atoms with Crippen molar-refractivity contribution in [2.75, 3.05) is 40.3 Å². The van der Waals surface area contributed by atoms with Gasteiger partial charge in [-0.3, -0.25) is 19.2 Å². The maximum Gasteiger partial charge on any atom is 0.350 e. The Morgan fingerprint density at radius 3 is 2.00 bits per heavy atom. The molecule has 1 aliphatic heterocycles. The minimum absolute atomic E-state index is 0.167. The molecule has 1 N–H and O–H groups in total. The van der Waals surface area contributed by atoms with Crippen LogP contribution in [0.2, 0.25) is 0 Å². The molecule has 22 heavy (non-hydrogen) atoms. The zero-order chi connectivity index (χ0) is 16.5. The smallest absolute Gasteiger partial charge is 0.350 e. The summed E-state index contributed by atoms with van der Waals surface area (Å²) in [5.41, 5.74) is 0. The maximum atomic E-state index is 11.1. The molecule has 0 aliphatic carbocycles. The lowest BCUT2D eigenvalue weighted by Crippen LogP contribution is -2.52. The van der Waals surface area contributed by atoms with Gasteiger partial charge in [-0.15, -0.1) is 0 Å². The van der Waals surface area contributed by atoms with E-state index in [-0.39, 0.29) is 5.92 Å². The van der Waals surface area contributed by atoms with Crippen molar-refractivity contribution in [2.24, 2.45) is 5.92 Å². The molecule has 1 fully saturated rings. The molecule has 0 amide bonds. The second kappa shape index (κ2) is 9.70. The lowest BCUT2D eigenvalue weighted by molar-refractivity contribution is -0.476. The van der Waals surface area contributed by atoms with Crippen LogP contribution in [0.5, 0.6) is 0 Å². The first-order chi connectivity index (χ1) is 10.5. The third kappa shape index (κ3) is 5.50. The number of nitrogens with zero attached hydrogens (tertiary/aromatic N) is 3. The third-order valence-corrected chi connectivity index (χ3v) is 4.37. The van der Waals surface area contributed by atoms with E-state index in [0.29, 0.717) is 0 Å². The number of carboxylic acids is 1. The highest BCUT2D eigenvalue weighted by molar-refractivity contribution is 5.76. The first kappa shape index (κ1) is 18.8. The van der Waals surface area contributed by atoms with Gasteiger partial charge in [0.1, 0.15) is 0 Å². The fourth-order valence-electron chi connectivity index (χ4n) is 3.10. The van der Waals surface area contributed by atoms with Crippen LogP contribution in [-0.2, 0) is 4.79 Å². The second-order valence-corrected chi connectivity index (χ2v) is 6.49. The van der Waals surface area contributed by atoms with Gasteiger partial charge in [-0.25, -0.2) is 0 Å². The van der Waals surface area contributed by atoms with Gasteiger partial charge in [-0.2, -0.15) is 0 Å². The van der Waals surface area contributed by atoms with Gasteiger partial charge in [0.25, 0.3) is 0 Å². The topological polar surface area (TPSA) is 46.8 Å². The van der Waals surface area contributed by atoms with Crippen LogP contribution in [0.25, 0.3) is 0 Å². The summed E-state index contributed by atoms with van der Waals surface area (Å²) in [6, 6.07) is 0. The Kier molecular flexibility index (Phi) is 8.28. The zero-order valence-electron chi connectivity index (χ0n) is 14.8. The predicted molar refractivity (Wildman–Crippen MR) is 90.4 cm³/mol. The molecule has 1 saturated heterocycles. The number of piperidine rings is 1. The van der Waals surface area contributed by atoms with Crippen LogP contribution >= 0.6 is 0 Å². The lowest BCUT2D eigenvalue weighted by atomic mass is 9.97. The van der Waals surface area contributed by atoms with Crippen LogP contribution in [0, 0.1) is 5.92 Å². The molecular weight excluding hydrogens is 278 g/mol. The van der Waals surface area contributed by atoms with Gasteiger partial charge in [-0.05, 0) is 25.7 Å². The Bertz CT molecular complexity index is 362. The molecule has 5 nitrogen and oxygen atoms in total. The number of likely N-dealkylation sites (tertiary alicyclic amines) is 1. The molecule has 0 saturated carbocycles. The standard InChI is InChI=1S/C17H33N3O2/c1-5-7-11-19(12-8-6-2)17(18(3)4)20-13-9-15(10-14-20)16(21)22/h15H,5-14H2,1-4H3/p+1. The molecule has 0 bridgehead atoms. The molecule has 0 atom stereocenters. The van der Waals surface area contributed by atoms with Gasteiger partial charge in [0.15, 0.2) is 0 Å². The molecule has 1 aliphatic rings. The van der Waals surface area contributed by atoms with Crippen LogP contribution < -0.4 is 0 Å². The summed E-state index contributed by atoms with van der Waals surface area (Å²) in [6.07, 6.45) is 6.30. The highest BCUT2D eigenvalue weighted by Crippen LogP contribution is 2.19. The largest absolute Gasteiger partial charge is 0.481 e. The van der Waals surface area contributed by atoms with Gasteiger partial charge in [0, 0.05) is 0 Å². The fourth-order valence-corrected chi connectivity index (χ4v) is 3.10. The van der Waals surface area contributed by atoms with Gasteiger partial charge < -0.3 is 5.11 Å². The van der Waals surface area contributed by atoms with E-state index in [1.54, 1.807) is 0 Å². The number of hydrogen-bond acceptors (Lipinski definition) is 1. The molecule has 5 heteroatoms. The number of carbonyl (C=O) groups is 1. The molecule has 0 aromatic carbocycles. The Hall–Kier alpha value is -1.26. The van der Waals surface area contributed by atoms with Crippen molar-refractivity contribution in [1.82, 2.24) is 9.80 Å². The summed E-state index contributed by atoms with van der Waals surface area (Å²) in [6.45, 7) is 8.32. The van der Waals surface area contributed by atoms with E-state index in [2.05, 4.69) is 42.3 Å². The number of unbranched alkanes of at least 4 members (excludes halogenated alkanes) is 2. The lowest BCUT2D eigenvalue weighted by Gasteiger charge is -2.33. The van der Waals surface area contributed by atoms with Crippen molar-refractivity contribution >= 4 is 11.9 Å². The van der Waals surface area contributed by atoms with E-state index in [1.165, 1.54) is 31.6 Å². The van der Waals surface area contributed by atoms with Crippen LogP contribution in [0.1, 0.15) is 52.4 Å². The molecule has 128 valence electrons. The minimum Gasteiger partial charge on any atom is -0.481 e. The van der Waals surface area contributed by atoms with Gasteiger partial charge in [0.2, 0.25) is 0 Å². The van der Waals surface area contributed by atoms with E-state index in [9.17, 15) is 4.79 Å². The van der Waals surface area contributed by atoms with E-state index in [1.807, 2.05) is 0 Å². The number of hydrogen-bond donors (Lipinski definition) is 1. The van der Waals surface area contributed by atoms with E-state index >= 15 is 0 Å². The van der Waals surface area contributed by atoms with Gasteiger partial charge in [0.05, 0.1) is 46.2 Å². The van der Waals surface area contributed by atoms with Crippen LogP contribution in [0.15, 0.2) is 0 Å². The first-order valence-electron chi connectivity index (χ1n) is 8.78. The van der Waals surface area contributed by atoms with Crippen molar-refractivity contribution in [2.45, 2.75) is 52.4 Å². The zero-order valence-corrected chi connectivity index (χ0v) is 14.8. The monoisotopic (exact) mass is 312 g/mol. The predicted octanol–water partition coefficient (Wildman–Crippen LogP) is 2.31. The van der Waals surface area contributed by atoms with Crippen molar-refractivity contribution < 1.29 is 14.5 Å². The molecular formula is C17H34N3O2+. The molecule has 0 unspecified atom stereocenters. The summed E-state index contributed by atoms with van der Waals surface area (Å²) in [5.74, 6) is 0.463. The summed E-state index contributed by atoms with van der Waals surface area (Å²) in [7, 11) is 4.20. The number of rotatable bonds is 7. The summed E-state index contributed by atoms with van der Waals surface area (Å²) in [4.78, 5) is 16.0. The van der Waals surface area contributed by atoms with Crippen LogP contribution in [0.3, 0.4) is 0 Å². The SMILES string of the molecule is CCCCN(CCCC)C(N1CCC(C(=O)O)CC1)=[N+](C)C. The molecule has 1 heterocycles. The summed E-state index contributed by atoms with van der Waals surface area (Å²) < 4.78 is 2.20. The van der Waals surface area contributed by atoms with Crippen molar-refractivity contribution in [3.63, 3.8) is 0 Å². The average Bonchev–Trinajstić information content (AvgIpc) is 2.49. The third-order valence-electron chi connectivity index (χ3n) is 4.37. The Labute approximate surface area is 135 Å². The van der Waals surface area contributed by atoms with Crippen molar-refractivity contribution in [3.8, 4) is 0 Å². The quantitative estimate of drug-likeness (QED) is 0.445. The van der Waals surface area contributed by atoms with Gasteiger partial charge in [-0.1, -0.05) is 26.7 Å². The summed E-state index contributed by atoms with van der Waals surface area (Å²) >= 11 is 0. The Morgan fingerprint density at radius 1 is 1.14 bits per heavy atom. The number of guanidine groups is 1. The van der Waals surface area contributed by atoms with Crippen molar-refractivity contribution in [3.05, 3.63) is 0 Å². The highest BCUT2D eigenvalue weighted by atomic mass is 16.4. The van der Waals surface area contributed by atoms with Gasteiger partial charge >= 0.3 is 11.9 Å². The van der Waals surface area contributed by atoms with E-state index in [4.69, 9.17) is 5.11 Å². The molecule has 0 aromatic heterocycles. The Morgan fingerprint density at radius 2 is 1.64 bits per heavy atom. The average molecular weight is 312 g/mol. The Balaban J connectivity index is 2.78.